The lowest BCUT2D eigenvalue weighted by Crippen LogP contribution is -2.60. The number of halogens is 2. The van der Waals surface area contributed by atoms with Crippen LogP contribution in [0.3, 0.4) is 0 Å². The summed E-state index contributed by atoms with van der Waals surface area (Å²) in [7, 11) is -5.58. The Morgan fingerprint density at radius 2 is 1.76 bits per heavy atom. The third-order valence-electron chi connectivity index (χ3n) is 5.11. The average Bonchev–Trinajstić information content (AvgIpc) is 2.32. The first-order valence-electron chi connectivity index (χ1n) is 6.66. The fourth-order valence-electron chi connectivity index (χ4n) is 4.51. The van der Waals surface area contributed by atoms with Gasteiger partial charge in [-0.3, -0.25) is 4.79 Å². The molecule has 4 rings (SSSR count). The van der Waals surface area contributed by atoms with Crippen LogP contribution in [0, 0.1) is 23.2 Å². The number of rotatable bonds is 3. The Balaban J connectivity index is 1.99. The van der Waals surface area contributed by atoms with Crippen molar-refractivity contribution in [3.8, 4) is 0 Å². The summed E-state index contributed by atoms with van der Waals surface area (Å²) in [5.41, 5.74) is -1.88. The molecule has 4 bridgehead atoms. The highest BCUT2D eigenvalue weighted by molar-refractivity contribution is 7.88. The average molecular weight is 324 g/mol. The van der Waals surface area contributed by atoms with E-state index < -0.39 is 38.8 Å². The zero-order chi connectivity index (χ0) is 15.6. The Hall–Kier alpha value is -1.25. The molecule has 9 heteroatoms. The predicted molar refractivity (Wildman–Crippen MR) is 64.0 cm³/mol. The van der Waals surface area contributed by atoms with E-state index in [1.165, 1.54) is 0 Å². The normalized spacial score (nSPS) is 38.6. The number of carbonyl (C=O) groups is 2. The Bertz CT molecular complexity index is 595. The first kappa shape index (κ1) is 14.7. The predicted octanol–water partition coefficient (Wildman–Crippen LogP) is 2.00. The lowest BCUT2D eigenvalue weighted by atomic mass is 9.49. The van der Waals surface area contributed by atoms with E-state index in [4.69, 9.17) is 5.11 Å². The van der Waals surface area contributed by atoms with Crippen molar-refractivity contribution in [1.29, 1.82) is 0 Å². The highest BCUT2D eigenvalue weighted by Gasteiger charge is 2.71. The molecule has 0 amide bonds. The van der Waals surface area contributed by atoms with Crippen molar-refractivity contribution in [2.45, 2.75) is 37.4 Å². The number of hydrogen-bond donors (Lipinski definition) is 1. The molecule has 21 heavy (non-hydrogen) atoms. The van der Waals surface area contributed by atoms with Gasteiger partial charge in [0, 0.05) is 11.8 Å². The van der Waals surface area contributed by atoms with Gasteiger partial charge in [-0.25, -0.2) is 4.79 Å². The number of carbonyl (C=O) groups excluding carboxylic acids is 1. The monoisotopic (exact) mass is 324 g/mol. The van der Waals surface area contributed by atoms with Crippen LogP contribution < -0.4 is 0 Å². The summed E-state index contributed by atoms with van der Waals surface area (Å²) in [6.45, 7) is 0. The van der Waals surface area contributed by atoms with Crippen molar-refractivity contribution in [2.75, 3.05) is 0 Å². The molecule has 2 atom stereocenters. The molecule has 0 radical (unpaired) electrons. The molecule has 0 heterocycles. The van der Waals surface area contributed by atoms with Crippen molar-refractivity contribution in [1.82, 2.24) is 0 Å². The van der Waals surface area contributed by atoms with E-state index in [1.54, 1.807) is 0 Å². The summed E-state index contributed by atoms with van der Waals surface area (Å²) >= 11 is 0. The number of carboxylic acid groups (broad SMARTS) is 1. The number of ketones is 1. The maximum absolute atomic E-state index is 14.5. The van der Waals surface area contributed by atoms with Gasteiger partial charge in [0.05, 0.1) is 5.41 Å². The first-order chi connectivity index (χ1) is 9.58. The van der Waals surface area contributed by atoms with Crippen molar-refractivity contribution in [3.63, 3.8) is 0 Å². The van der Waals surface area contributed by atoms with Gasteiger partial charge >= 0.3 is 21.5 Å². The van der Waals surface area contributed by atoms with Crippen molar-refractivity contribution < 1.29 is 36.1 Å². The third-order valence-corrected chi connectivity index (χ3v) is 6.53. The number of alkyl halides is 2. The molecule has 1 N–H and O–H groups in total. The van der Waals surface area contributed by atoms with Gasteiger partial charge in [-0.15, -0.1) is 0 Å². The second-order valence-electron chi connectivity index (χ2n) is 6.35. The molecule has 0 spiro atoms. The SMILES string of the molecule is O=C(O)OS(=O)(=O)C(F)(F)C12CC3CC(C1)C(=O)C(C3)C2. The van der Waals surface area contributed by atoms with E-state index in [-0.39, 0.29) is 31.0 Å². The fraction of sp³-hybridized carbons (Fsp3) is 0.833. The van der Waals surface area contributed by atoms with Crippen LogP contribution >= 0.6 is 0 Å². The molecular weight excluding hydrogens is 310 g/mol. The van der Waals surface area contributed by atoms with Crippen LogP contribution in [0.25, 0.3) is 0 Å². The summed E-state index contributed by atoms with van der Waals surface area (Å²) in [6.07, 6.45) is -1.68. The Morgan fingerprint density at radius 3 is 2.24 bits per heavy atom. The molecule has 4 fully saturated rings. The molecule has 0 aromatic carbocycles. The van der Waals surface area contributed by atoms with Crippen molar-refractivity contribution in [2.24, 2.45) is 23.2 Å². The second kappa shape index (κ2) is 4.15. The number of hydrogen-bond acceptors (Lipinski definition) is 5. The molecule has 2 unspecified atom stereocenters. The van der Waals surface area contributed by atoms with Crippen LogP contribution in [0.2, 0.25) is 0 Å². The summed E-state index contributed by atoms with van der Waals surface area (Å²) in [5.74, 6) is -1.25. The van der Waals surface area contributed by atoms with Crippen LogP contribution in [0.4, 0.5) is 13.6 Å². The van der Waals surface area contributed by atoms with Gasteiger partial charge in [0.1, 0.15) is 5.78 Å². The molecule has 118 valence electrons. The topological polar surface area (TPSA) is 97.7 Å². The van der Waals surface area contributed by atoms with Gasteiger partial charge in [-0.2, -0.15) is 17.2 Å². The van der Waals surface area contributed by atoms with Gasteiger partial charge < -0.3 is 9.29 Å². The molecule has 4 saturated carbocycles. The van der Waals surface area contributed by atoms with Gasteiger partial charge in [-0.1, -0.05) is 0 Å². The molecule has 0 aliphatic heterocycles. The highest BCUT2D eigenvalue weighted by Crippen LogP contribution is 2.65. The van der Waals surface area contributed by atoms with E-state index in [0.717, 1.165) is 0 Å². The molecule has 4 aliphatic rings. The molecule has 0 aromatic heterocycles. The smallest absolute Gasteiger partial charge is 0.449 e. The largest absolute Gasteiger partial charge is 0.521 e. The van der Waals surface area contributed by atoms with Gasteiger partial charge in [0.2, 0.25) is 0 Å². The van der Waals surface area contributed by atoms with Crippen molar-refractivity contribution in [3.05, 3.63) is 0 Å². The summed E-state index contributed by atoms with van der Waals surface area (Å²) < 4.78 is 55.8. The summed E-state index contributed by atoms with van der Waals surface area (Å²) in [4.78, 5) is 22.3. The van der Waals surface area contributed by atoms with Crippen LogP contribution in [-0.2, 0) is 19.1 Å². The minimum atomic E-state index is -5.58. The zero-order valence-corrected chi connectivity index (χ0v) is 11.7. The Kier molecular flexibility index (Phi) is 2.90. The van der Waals surface area contributed by atoms with Crippen LogP contribution in [0.1, 0.15) is 32.1 Å². The molecule has 6 nitrogen and oxygen atoms in total. The van der Waals surface area contributed by atoms with Gasteiger partial charge in [0.25, 0.3) is 0 Å². The maximum atomic E-state index is 14.5. The van der Waals surface area contributed by atoms with E-state index in [0.29, 0.717) is 12.8 Å². The molecular formula is C12H14F2O6S. The van der Waals surface area contributed by atoms with E-state index in [1.807, 2.05) is 0 Å². The Morgan fingerprint density at radius 1 is 1.24 bits per heavy atom. The minimum absolute atomic E-state index is 0.0114. The van der Waals surface area contributed by atoms with Crippen molar-refractivity contribution >= 4 is 22.1 Å². The highest BCUT2D eigenvalue weighted by atomic mass is 32.2. The minimum Gasteiger partial charge on any atom is -0.449 e. The summed E-state index contributed by atoms with van der Waals surface area (Å²) in [5, 5.41) is 4.04. The van der Waals surface area contributed by atoms with E-state index in [9.17, 15) is 26.8 Å². The number of Topliss-reactive ketones (excluding diaryl/α,β-unsaturated/α-hetero) is 1. The van der Waals surface area contributed by atoms with E-state index in [2.05, 4.69) is 4.18 Å². The Labute approximate surface area is 119 Å². The maximum Gasteiger partial charge on any atom is 0.521 e. The lowest BCUT2D eigenvalue weighted by Gasteiger charge is -2.56. The van der Waals surface area contributed by atoms with E-state index >= 15 is 0 Å². The van der Waals surface area contributed by atoms with Crippen LogP contribution in [-0.4, -0.2) is 30.7 Å². The zero-order valence-electron chi connectivity index (χ0n) is 10.9. The van der Waals surface area contributed by atoms with Gasteiger partial charge in [-0.05, 0) is 38.0 Å². The third kappa shape index (κ3) is 1.89. The molecule has 0 saturated heterocycles. The summed E-state index contributed by atoms with van der Waals surface area (Å²) in [6, 6.07) is 0. The quantitative estimate of drug-likeness (QED) is 0.797. The molecule has 4 aliphatic carbocycles. The van der Waals surface area contributed by atoms with Crippen LogP contribution in [0.5, 0.6) is 0 Å². The van der Waals surface area contributed by atoms with Gasteiger partial charge in [0.15, 0.2) is 0 Å². The standard InChI is InChI=1S/C12H14F2O6S/c13-12(14,21(18,19)20-10(16)17)11-3-6-1-7(4-11)9(15)8(2-6)5-11/h6-8H,1-5H2,(H,16,17). The van der Waals surface area contributed by atoms with Crippen LogP contribution in [0.15, 0.2) is 0 Å². The fourth-order valence-corrected chi connectivity index (χ4v) is 5.59. The first-order valence-corrected chi connectivity index (χ1v) is 8.07. The second-order valence-corrected chi connectivity index (χ2v) is 7.93. The molecule has 0 aromatic rings. The lowest BCUT2D eigenvalue weighted by molar-refractivity contribution is -0.174.